The number of carbonyl (C=O) groups excluding carboxylic acids is 1. The molecule has 2 rings (SSSR count). The average molecular weight is 308 g/mol. The van der Waals surface area contributed by atoms with Gasteiger partial charge in [-0.25, -0.2) is 9.97 Å². The fourth-order valence-electron chi connectivity index (χ4n) is 1.50. The van der Waals surface area contributed by atoms with E-state index >= 15 is 0 Å². The number of carbonyl (C=O) groups is 1. The number of rotatable bonds is 6. The molecule has 0 atom stereocenters. The Balaban J connectivity index is 1.93. The van der Waals surface area contributed by atoms with Crippen LogP contribution in [-0.2, 0) is 4.74 Å². The fourth-order valence-corrected chi connectivity index (χ4v) is 1.60. The number of ether oxygens (including phenoxy) is 2. The van der Waals surface area contributed by atoms with Gasteiger partial charge in [0.25, 0.3) is 5.91 Å². The van der Waals surface area contributed by atoms with Crippen molar-refractivity contribution in [2.45, 2.75) is 0 Å². The Morgan fingerprint density at radius 2 is 1.95 bits per heavy atom. The highest BCUT2D eigenvalue weighted by molar-refractivity contribution is 6.29. The van der Waals surface area contributed by atoms with Gasteiger partial charge in [0.2, 0.25) is 0 Å². The number of amides is 1. The maximum atomic E-state index is 11.9. The molecule has 110 valence electrons. The van der Waals surface area contributed by atoms with E-state index in [1.54, 1.807) is 31.4 Å². The first-order chi connectivity index (χ1) is 10.2. The van der Waals surface area contributed by atoms with Gasteiger partial charge in [-0.3, -0.25) is 4.79 Å². The number of hydrogen-bond acceptors (Lipinski definition) is 5. The molecule has 6 nitrogen and oxygen atoms in total. The van der Waals surface area contributed by atoms with E-state index in [1.165, 1.54) is 12.4 Å². The molecule has 0 aliphatic heterocycles. The highest BCUT2D eigenvalue weighted by Gasteiger charge is 2.08. The van der Waals surface area contributed by atoms with Crippen LogP contribution in [0.4, 0.5) is 5.69 Å². The van der Waals surface area contributed by atoms with Crippen molar-refractivity contribution in [2.75, 3.05) is 25.6 Å². The Morgan fingerprint density at radius 1 is 1.19 bits per heavy atom. The molecule has 0 saturated carbocycles. The Bertz CT molecular complexity index is 587. The van der Waals surface area contributed by atoms with E-state index in [9.17, 15) is 4.79 Å². The van der Waals surface area contributed by atoms with Crippen LogP contribution in [0.15, 0.2) is 36.7 Å². The molecule has 0 unspecified atom stereocenters. The predicted octanol–water partition coefficient (Wildman–Crippen LogP) is 2.41. The highest BCUT2D eigenvalue weighted by Crippen LogP contribution is 2.16. The van der Waals surface area contributed by atoms with Crippen molar-refractivity contribution in [3.63, 3.8) is 0 Å². The van der Waals surface area contributed by atoms with E-state index in [0.717, 1.165) is 0 Å². The smallest absolute Gasteiger partial charge is 0.275 e. The summed E-state index contributed by atoms with van der Waals surface area (Å²) in [4.78, 5) is 19.6. The van der Waals surface area contributed by atoms with Gasteiger partial charge in [0.15, 0.2) is 0 Å². The third-order valence-corrected chi connectivity index (χ3v) is 2.72. The largest absolute Gasteiger partial charge is 0.491 e. The van der Waals surface area contributed by atoms with Gasteiger partial charge in [-0.2, -0.15) is 0 Å². The van der Waals surface area contributed by atoms with Crippen LogP contribution in [0.5, 0.6) is 5.75 Å². The van der Waals surface area contributed by atoms with Crippen molar-refractivity contribution in [3.8, 4) is 5.75 Å². The molecular weight excluding hydrogens is 294 g/mol. The van der Waals surface area contributed by atoms with Crippen LogP contribution in [0.1, 0.15) is 10.5 Å². The number of anilines is 1. The van der Waals surface area contributed by atoms with E-state index in [2.05, 4.69) is 15.3 Å². The van der Waals surface area contributed by atoms with Gasteiger partial charge in [-0.1, -0.05) is 11.6 Å². The molecule has 0 fully saturated rings. The molecule has 0 saturated heterocycles. The number of hydrogen-bond donors (Lipinski definition) is 1. The number of aromatic nitrogens is 2. The highest BCUT2D eigenvalue weighted by atomic mass is 35.5. The van der Waals surface area contributed by atoms with Crippen molar-refractivity contribution >= 4 is 23.2 Å². The molecular formula is C14H14ClN3O3. The van der Waals surface area contributed by atoms with Gasteiger partial charge < -0.3 is 14.8 Å². The van der Waals surface area contributed by atoms with Gasteiger partial charge in [-0.05, 0) is 24.3 Å². The van der Waals surface area contributed by atoms with Gasteiger partial charge in [0.1, 0.15) is 23.2 Å². The molecule has 1 aromatic carbocycles. The summed E-state index contributed by atoms with van der Waals surface area (Å²) >= 11 is 5.62. The minimum Gasteiger partial charge on any atom is -0.491 e. The summed E-state index contributed by atoms with van der Waals surface area (Å²) in [5, 5.41) is 2.95. The minimum absolute atomic E-state index is 0.194. The lowest BCUT2D eigenvalue weighted by Crippen LogP contribution is -2.13. The summed E-state index contributed by atoms with van der Waals surface area (Å²) in [7, 11) is 1.61. The Kier molecular flexibility index (Phi) is 5.48. The maximum Gasteiger partial charge on any atom is 0.275 e. The minimum atomic E-state index is -0.354. The normalized spacial score (nSPS) is 10.2. The molecule has 1 N–H and O–H groups in total. The van der Waals surface area contributed by atoms with Crippen LogP contribution in [0.3, 0.4) is 0 Å². The topological polar surface area (TPSA) is 73.3 Å². The third-order valence-electron chi connectivity index (χ3n) is 2.52. The van der Waals surface area contributed by atoms with Crippen molar-refractivity contribution in [3.05, 3.63) is 47.5 Å². The SMILES string of the molecule is COCCOc1ccc(NC(=O)c2cnc(Cl)cn2)cc1. The van der Waals surface area contributed by atoms with E-state index in [0.29, 0.717) is 24.7 Å². The third kappa shape index (κ3) is 4.70. The molecule has 1 heterocycles. The standard InChI is InChI=1S/C14H14ClN3O3/c1-20-6-7-21-11-4-2-10(3-5-11)18-14(19)12-8-17-13(15)9-16-12/h2-5,8-9H,6-7H2,1H3,(H,18,19). The van der Waals surface area contributed by atoms with Crippen LogP contribution in [0.2, 0.25) is 5.15 Å². The molecule has 0 spiro atoms. The molecule has 1 amide bonds. The first-order valence-corrected chi connectivity index (χ1v) is 6.57. The molecule has 0 aliphatic carbocycles. The van der Waals surface area contributed by atoms with E-state index < -0.39 is 0 Å². The number of nitrogens with zero attached hydrogens (tertiary/aromatic N) is 2. The lowest BCUT2D eigenvalue weighted by Gasteiger charge is -2.07. The number of nitrogens with one attached hydrogen (secondary N) is 1. The zero-order chi connectivity index (χ0) is 15.1. The van der Waals surface area contributed by atoms with Gasteiger partial charge in [0.05, 0.1) is 19.0 Å². The summed E-state index contributed by atoms with van der Waals surface area (Å²) in [6.45, 7) is 0.996. The van der Waals surface area contributed by atoms with Crippen LogP contribution < -0.4 is 10.1 Å². The van der Waals surface area contributed by atoms with Gasteiger partial charge in [-0.15, -0.1) is 0 Å². The van der Waals surface area contributed by atoms with E-state index in [4.69, 9.17) is 21.1 Å². The van der Waals surface area contributed by atoms with Crippen LogP contribution >= 0.6 is 11.6 Å². The number of methoxy groups -OCH3 is 1. The molecule has 0 aliphatic rings. The predicted molar refractivity (Wildman–Crippen MR) is 78.8 cm³/mol. The molecule has 0 bridgehead atoms. The average Bonchev–Trinajstić information content (AvgIpc) is 2.50. The van der Waals surface area contributed by atoms with Gasteiger partial charge >= 0.3 is 0 Å². The number of benzene rings is 1. The van der Waals surface area contributed by atoms with Crippen molar-refractivity contribution in [1.82, 2.24) is 9.97 Å². The van der Waals surface area contributed by atoms with Crippen LogP contribution in [-0.4, -0.2) is 36.2 Å². The second-order valence-corrected chi connectivity index (χ2v) is 4.43. The second kappa shape index (κ2) is 7.56. The summed E-state index contributed by atoms with van der Waals surface area (Å²) in [6, 6.07) is 7.00. The van der Waals surface area contributed by atoms with Gasteiger partial charge in [0, 0.05) is 12.8 Å². The van der Waals surface area contributed by atoms with E-state index in [-0.39, 0.29) is 16.8 Å². The molecule has 21 heavy (non-hydrogen) atoms. The van der Waals surface area contributed by atoms with E-state index in [1.807, 2.05) is 0 Å². The Hall–Kier alpha value is -2.18. The molecule has 1 aromatic heterocycles. The molecule has 7 heteroatoms. The zero-order valence-electron chi connectivity index (χ0n) is 11.4. The quantitative estimate of drug-likeness (QED) is 0.830. The first-order valence-electron chi connectivity index (χ1n) is 6.20. The summed E-state index contributed by atoms with van der Waals surface area (Å²) < 4.78 is 10.3. The molecule has 2 aromatic rings. The van der Waals surface area contributed by atoms with Crippen LogP contribution in [0, 0.1) is 0 Å². The summed E-state index contributed by atoms with van der Waals surface area (Å²) in [5.74, 6) is 0.351. The Morgan fingerprint density at radius 3 is 2.57 bits per heavy atom. The zero-order valence-corrected chi connectivity index (χ0v) is 12.1. The monoisotopic (exact) mass is 307 g/mol. The van der Waals surface area contributed by atoms with Crippen molar-refractivity contribution in [2.24, 2.45) is 0 Å². The maximum absolute atomic E-state index is 11.9. The lowest BCUT2D eigenvalue weighted by molar-refractivity contribution is 0.102. The Labute approximate surface area is 127 Å². The van der Waals surface area contributed by atoms with Crippen molar-refractivity contribution < 1.29 is 14.3 Å². The second-order valence-electron chi connectivity index (χ2n) is 4.04. The molecule has 0 radical (unpaired) electrons. The summed E-state index contributed by atoms with van der Waals surface area (Å²) in [5.41, 5.74) is 0.829. The fraction of sp³-hybridized carbons (Fsp3) is 0.214. The number of halogens is 1. The lowest BCUT2D eigenvalue weighted by atomic mass is 10.3. The van der Waals surface area contributed by atoms with Crippen LogP contribution in [0.25, 0.3) is 0 Å². The summed E-state index contributed by atoms with van der Waals surface area (Å²) in [6.07, 6.45) is 2.64. The van der Waals surface area contributed by atoms with Crippen molar-refractivity contribution in [1.29, 1.82) is 0 Å². The first kappa shape index (κ1) is 15.2.